The number of unbranched alkanes of at least 4 members (excludes halogenated alkanes) is 1. The van der Waals surface area contributed by atoms with Crippen molar-refractivity contribution in [2.75, 3.05) is 6.54 Å². The molecule has 0 fully saturated rings. The molecule has 1 N–H and O–H groups in total. The van der Waals surface area contributed by atoms with Gasteiger partial charge in [0.2, 0.25) is 0 Å². The molecule has 0 radical (unpaired) electrons. The van der Waals surface area contributed by atoms with Gasteiger partial charge in [0, 0.05) is 23.2 Å². The van der Waals surface area contributed by atoms with Crippen LogP contribution in [0, 0.1) is 6.92 Å². The van der Waals surface area contributed by atoms with Crippen LogP contribution in [-0.2, 0) is 18.8 Å². The van der Waals surface area contributed by atoms with Crippen LogP contribution >= 0.6 is 11.3 Å². The second-order valence-corrected chi connectivity index (χ2v) is 6.83. The fraction of sp³-hybridized carbons (Fsp3) is 0.412. The van der Waals surface area contributed by atoms with Crippen molar-refractivity contribution >= 4 is 17.2 Å². The highest BCUT2D eigenvalue weighted by Crippen LogP contribution is 2.36. The van der Waals surface area contributed by atoms with Gasteiger partial charge in [-0.3, -0.25) is 4.79 Å². The molecule has 0 unspecified atom stereocenters. The first-order valence-electron chi connectivity index (χ1n) is 7.95. The molecular formula is C17H16F6N2OS. The normalized spacial score (nSPS) is 12.3. The van der Waals surface area contributed by atoms with Crippen molar-refractivity contribution in [3.63, 3.8) is 0 Å². The van der Waals surface area contributed by atoms with Crippen LogP contribution in [0.15, 0.2) is 23.6 Å². The van der Waals surface area contributed by atoms with E-state index in [2.05, 4.69) is 10.3 Å². The molecule has 148 valence electrons. The van der Waals surface area contributed by atoms with E-state index in [4.69, 9.17) is 0 Å². The van der Waals surface area contributed by atoms with Gasteiger partial charge in [0.1, 0.15) is 0 Å². The van der Waals surface area contributed by atoms with Gasteiger partial charge in [0.25, 0.3) is 5.91 Å². The Morgan fingerprint density at radius 2 is 1.63 bits per heavy atom. The van der Waals surface area contributed by atoms with Gasteiger partial charge in [0.05, 0.1) is 16.1 Å². The lowest BCUT2D eigenvalue weighted by Gasteiger charge is -2.14. The topological polar surface area (TPSA) is 42.0 Å². The lowest BCUT2D eigenvalue weighted by Crippen LogP contribution is -2.25. The Bertz CT molecular complexity index is 765. The number of rotatable bonds is 6. The zero-order valence-corrected chi connectivity index (χ0v) is 15.0. The average molecular weight is 410 g/mol. The average Bonchev–Trinajstić information content (AvgIpc) is 2.97. The van der Waals surface area contributed by atoms with Gasteiger partial charge in [-0.15, -0.1) is 11.3 Å². The van der Waals surface area contributed by atoms with Crippen molar-refractivity contribution in [3.8, 4) is 0 Å². The predicted molar refractivity (Wildman–Crippen MR) is 88.6 cm³/mol. The van der Waals surface area contributed by atoms with E-state index in [9.17, 15) is 31.1 Å². The number of thiazole rings is 1. The number of hydrogen-bond donors (Lipinski definition) is 1. The van der Waals surface area contributed by atoms with Crippen LogP contribution in [0.1, 0.15) is 45.0 Å². The van der Waals surface area contributed by atoms with Crippen LogP contribution in [0.5, 0.6) is 0 Å². The van der Waals surface area contributed by atoms with Gasteiger partial charge >= 0.3 is 12.4 Å². The third-order valence-electron chi connectivity index (χ3n) is 3.62. The minimum Gasteiger partial charge on any atom is -0.352 e. The van der Waals surface area contributed by atoms with E-state index in [0.29, 0.717) is 31.4 Å². The second kappa shape index (κ2) is 8.28. The van der Waals surface area contributed by atoms with E-state index < -0.39 is 35.0 Å². The molecule has 2 rings (SSSR count). The number of aryl methyl sites for hydroxylation is 2. The van der Waals surface area contributed by atoms with Crippen LogP contribution in [0.25, 0.3) is 0 Å². The smallest absolute Gasteiger partial charge is 0.352 e. The number of aromatic nitrogens is 1. The van der Waals surface area contributed by atoms with E-state index in [0.717, 1.165) is 10.7 Å². The molecule has 0 aliphatic heterocycles. The Morgan fingerprint density at radius 3 is 2.11 bits per heavy atom. The van der Waals surface area contributed by atoms with Crippen molar-refractivity contribution in [2.45, 2.75) is 38.5 Å². The first-order valence-corrected chi connectivity index (χ1v) is 8.83. The molecule has 2 aromatic rings. The van der Waals surface area contributed by atoms with E-state index in [-0.39, 0.29) is 12.6 Å². The highest BCUT2D eigenvalue weighted by molar-refractivity contribution is 7.09. The third kappa shape index (κ3) is 6.23. The van der Waals surface area contributed by atoms with Crippen LogP contribution < -0.4 is 5.32 Å². The van der Waals surface area contributed by atoms with Crippen molar-refractivity contribution in [1.29, 1.82) is 0 Å². The van der Waals surface area contributed by atoms with Gasteiger partial charge in [-0.1, -0.05) is 0 Å². The molecule has 1 heterocycles. The van der Waals surface area contributed by atoms with Gasteiger partial charge in [-0.25, -0.2) is 4.98 Å². The van der Waals surface area contributed by atoms with Crippen molar-refractivity contribution in [2.24, 2.45) is 0 Å². The van der Waals surface area contributed by atoms with Crippen molar-refractivity contribution in [3.05, 3.63) is 51.0 Å². The summed E-state index contributed by atoms with van der Waals surface area (Å²) in [5.41, 5.74) is -2.79. The Morgan fingerprint density at radius 1 is 1.04 bits per heavy atom. The summed E-state index contributed by atoms with van der Waals surface area (Å²) in [6.45, 7) is 2.01. The van der Waals surface area contributed by atoms with E-state index in [1.54, 1.807) is 0 Å². The van der Waals surface area contributed by atoms with Crippen LogP contribution in [0.4, 0.5) is 26.3 Å². The summed E-state index contributed by atoms with van der Waals surface area (Å²) in [4.78, 5) is 16.3. The molecule has 1 aromatic carbocycles. The summed E-state index contributed by atoms with van der Waals surface area (Å²) in [5.74, 6) is -0.975. The lowest BCUT2D eigenvalue weighted by atomic mass is 10.0. The zero-order chi connectivity index (χ0) is 20.2. The van der Waals surface area contributed by atoms with Crippen LogP contribution in [0.2, 0.25) is 0 Å². The first kappa shape index (κ1) is 21.2. The monoisotopic (exact) mass is 410 g/mol. The van der Waals surface area contributed by atoms with Crippen molar-refractivity contribution < 1.29 is 31.1 Å². The quantitative estimate of drug-likeness (QED) is 0.523. The molecule has 0 saturated heterocycles. The molecule has 10 heteroatoms. The maximum Gasteiger partial charge on any atom is 0.416 e. The van der Waals surface area contributed by atoms with Gasteiger partial charge in [0.15, 0.2) is 0 Å². The Hall–Kier alpha value is -2.10. The van der Waals surface area contributed by atoms with Gasteiger partial charge < -0.3 is 5.32 Å². The largest absolute Gasteiger partial charge is 0.416 e. The van der Waals surface area contributed by atoms with E-state index in [1.807, 2.05) is 12.3 Å². The number of carbonyl (C=O) groups excluding carboxylic acids is 1. The molecule has 0 spiro atoms. The number of hydrogen-bond acceptors (Lipinski definition) is 3. The lowest BCUT2D eigenvalue weighted by molar-refractivity contribution is -0.143. The molecule has 3 nitrogen and oxygen atoms in total. The fourth-order valence-corrected chi connectivity index (χ4v) is 3.13. The second-order valence-electron chi connectivity index (χ2n) is 5.89. The predicted octanol–water partition coefficient (Wildman–Crippen LogP) is 5.24. The Balaban J connectivity index is 1.98. The highest BCUT2D eigenvalue weighted by Gasteiger charge is 2.37. The number of halogens is 6. The van der Waals surface area contributed by atoms with Crippen LogP contribution in [-0.4, -0.2) is 17.4 Å². The van der Waals surface area contributed by atoms with Gasteiger partial charge in [-0.2, -0.15) is 26.3 Å². The first-order chi connectivity index (χ1) is 12.5. The summed E-state index contributed by atoms with van der Waals surface area (Å²) < 4.78 is 76.9. The van der Waals surface area contributed by atoms with Gasteiger partial charge in [-0.05, 0) is 44.4 Å². The standard InChI is InChI=1S/C17H16F6N2OS/c1-10-9-27-14(25-10)4-2-3-5-24-15(26)11-6-12(16(18,19)20)8-13(7-11)17(21,22)23/h6-9H,2-5H2,1H3,(H,24,26). The maximum absolute atomic E-state index is 12.8. The number of benzene rings is 1. The number of carbonyl (C=O) groups is 1. The fourth-order valence-electron chi connectivity index (χ4n) is 2.31. The molecule has 0 saturated carbocycles. The molecule has 0 aliphatic carbocycles. The third-order valence-corrected chi connectivity index (χ3v) is 4.65. The number of alkyl halides is 6. The molecule has 0 atom stereocenters. The number of nitrogens with zero attached hydrogens (tertiary/aromatic N) is 1. The van der Waals surface area contributed by atoms with E-state index >= 15 is 0 Å². The summed E-state index contributed by atoms with van der Waals surface area (Å²) in [7, 11) is 0. The Labute approximate surface area is 155 Å². The maximum atomic E-state index is 12.8. The molecule has 27 heavy (non-hydrogen) atoms. The summed E-state index contributed by atoms with van der Waals surface area (Å²) >= 11 is 1.51. The number of nitrogens with one attached hydrogen (secondary N) is 1. The van der Waals surface area contributed by atoms with Crippen molar-refractivity contribution in [1.82, 2.24) is 10.3 Å². The molecule has 1 amide bonds. The molecule has 0 aliphatic rings. The molecular weight excluding hydrogens is 394 g/mol. The molecule has 0 bridgehead atoms. The number of amides is 1. The zero-order valence-electron chi connectivity index (χ0n) is 14.2. The molecule has 1 aromatic heterocycles. The summed E-state index contributed by atoms with van der Waals surface area (Å²) in [6, 6.07) is 0.832. The highest BCUT2D eigenvalue weighted by atomic mass is 32.1. The Kier molecular flexibility index (Phi) is 6.50. The van der Waals surface area contributed by atoms with E-state index in [1.165, 1.54) is 11.3 Å². The summed E-state index contributed by atoms with van der Waals surface area (Å²) in [6.07, 6.45) is -8.07. The minimum absolute atomic E-state index is 0.00715. The minimum atomic E-state index is -4.98. The van der Waals surface area contributed by atoms with Crippen LogP contribution in [0.3, 0.4) is 0 Å². The SMILES string of the molecule is Cc1csc(CCCCNC(=O)c2cc(C(F)(F)F)cc(C(F)(F)F)c2)n1. The summed E-state index contributed by atoms with van der Waals surface area (Å²) in [5, 5.41) is 5.20.